The molecule has 1 aliphatic rings. The molecule has 4 heterocycles. The lowest BCUT2D eigenvalue weighted by molar-refractivity contribution is -0.112. The summed E-state index contributed by atoms with van der Waals surface area (Å²) in [5.74, 6) is 0.878. The van der Waals surface area contributed by atoms with Gasteiger partial charge in [0, 0.05) is 49.9 Å². The van der Waals surface area contributed by atoms with Gasteiger partial charge in [-0.25, -0.2) is 23.4 Å². The molecule has 0 amide bonds. The smallest absolute Gasteiger partial charge is 0.271 e. The molecule has 3 aromatic heterocycles. The fraction of sp³-hybridized carbons (Fsp3) is 0.231. The Bertz CT molecular complexity index is 1670. The van der Waals surface area contributed by atoms with Crippen LogP contribution in [0.15, 0.2) is 65.3 Å². The van der Waals surface area contributed by atoms with Crippen LogP contribution in [0.3, 0.4) is 0 Å². The predicted octanol–water partition coefficient (Wildman–Crippen LogP) is 5.13. The SMILES string of the molecule is CC(=O)/C=C/CN1CCN(c2ncnc3ccc(-c4cnc(Cl)c(NS(=O)(=O)c5ccc(Cl)s5)c4)cc23)CC1. The Hall–Kier alpha value is -3.09. The second-order valence-corrected chi connectivity index (χ2v) is 12.9. The van der Waals surface area contributed by atoms with E-state index in [4.69, 9.17) is 23.2 Å². The number of aromatic nitrogens is 3. The highest BCUT2D eigenvalue weighted by Gasteiger charge is 2.21. The Labute approximate surface area is 240 Å². The molecule has 4 aromatic rings. The van der Waals surface area contributed by atoms with E-state index in [9.17, 15) is 13.2 Å². The van der Waals surface area contributed by atoms with Crippen LogP contribution in [-0.2, 0) is 14.8 Å². The maximum atomic E-state index is 12.8. The molecule has 5 rings (SSSR count). The summed E-state index contributed by atoms with van der Waals surface area (Å²) in [4.78, 5) is 28.9. The molecule has 0 unspecified atom stereocenters. The molecule has 202 valence electrons. The van der Waals surface area contributed by atoms with Crippen LogP contribution in [0, 0.1) is 0 Å². The standard InChI is InChI=1S/C26H24Cl2N6O3S2/c1-17(35)3-2-8-33-9-11-34(12-10-33)26-20-13-18(4-5-21(20)30-16-31-26)19-14-22(25(28)29-15-19)32-39(36,37)24-7-6-23(27)38-24/h2-7,13-16,32H,8-12H2,1H3/b3-2+. The number of hydrogen-bond acceptors (Lipinski definition) is 9. The highest BCUT2D eigenvalue weighted by Crippen LogP contribution is 2.33. The average Bonchev–Trinajstić information content (AvgIpc) is 3.37. The zero-order valence-electron chi connectivity index (χ0n) is 20.8. The first-order valence-electron chi connectivity index (χ1n) is 12.0. The van der Waals surface area contributed by atoms with Crippen molar-refractivity contribution in [2.24, 2.45) is 0 Å². The maximum Gasteiger partial charge on any atom is 0.271 e. The molecule has 39 heavy (non-hydrogen) atoms. The highest BCUT2D eigenvalue weighted by molar-refractivity contribution is 7.94. The number of ketones is 1. The van der Waals surface area contributed by atoms with E-state index in [0.29, 0.717) is 9.90 Å². The van der Waals surface area contributed by atoms with Crippen LogP contribution in [0.25, 0.3) is 22.0 Å². The van der Waals surface area contributed by atoms with E-state index >= 15 is 0 Å². The number of nitrogens with one attached hydrogen (secondary N) is 1. The van der Waals surface area contributed by atoms with Gasteiger partial charge in [0.1, 0.15) is 16.4 Å². The van der Waals surface area contributed by atoms with Crippen molar-refractivity contribution in [3.63, 3.8) is 0 Å². The number of hydrogen-bond donors (Lipinski definition) is 1. The van der Waals surface area contributed by atoms with Gasteiger partial charge >= 0.3 is 0 Å². The second-order valence-electron chi connectivity index (χ2n) is 8.96. The van der Waals surface area contributed by atoms with Crippen molar-refractivity contribution in [1.29, 1.82) is 0 Å². The van der Waals surface area contributed by atoms with Gasteiger partial charge in [-0.15, -0.1) is 11.3 Å². The van der Waals surface area contributed by atoms with Crippen molar-refractivity contribution in [2.75, 3.05) is 42.3 Å². The molecular weight excluding hydrogens is 579 g/mol. The molecule has 1 aromatic carbocycles. The van der Waals surface area contributed by atoms with E-state index in [-0.39, 0.29) is 20.8 Å². The predicted molar refractivity (Wildman–Crippen MR) is 156 cm³/mol. The number of sulfonamides is 1. The number of fused-ring (bicyclic) bond motifs is 1. The molecule has 1 fully saturated rings. The minimum absolute atomic E-state index is 0.0332. The van der Waals surface area contributed by atoms with Gasteiger partial charge in [0.15, 0.2) is 10.9 Å². The summed E-state index contributed by atoms with van der Waals surface area (Å²) in [7, 11) is -3.88. The molecule has 0 aliphatic carbocycles. The summed E-state index contributed by atoms with van der Waals surface area (Å²) in [6, 6.07) is 10.4. The fourth-order valence-corrected chi connectivity index (χ4v) is 7.05. The number of anilines is 2. The fourth-order valence-electron chi connectivity index (χ4n) is 4.30. The average molecular weight is 604 g/mol. The number of pyridine rings is 1. The number of carbonyl (C=O) groups is 1. The normalized spacial score (nSPS) is 14.8. The van der Waals surface area contributed by atoms with Crippen LogP contribution in [-0.4, -0.2) is 66.8 Å². The van der Waals surface area contributed by atoms with Crippen LogP contribution in [0.4, 0.5) is 11.5 Å². The Kier molecular flexibility index (Phi) is 8.15. The summed E-state index contributed by atoms with van der Waals surface area (Å²) in [5.41, 5.74) is 2.46. The van der Waals surface area contributed by atoms with E-state index in [2.05, 4.69) is 29.5 Å². The van der Waals surface area contributed by atoms with E-state index in [0.717, 1.165) is 66.3 Å². The molecule has 1 N–H and O–H groups in total. The minimum atomic E-state index is -3.88. The first kappa shape index (κ1) is 27.5. The van der Waals surface area contributed by atoms with Gasteiger partial charge in [0.2, 0.25) is 0 Å². The third kappa shape index (κ3) is 6.39. The van der Waals surface area contributed by atoms with Gasteiger partial charge in [-0.1, -0.05) is 35.3 Å². The number of halogens is 2. The van der Waals surface area contributed by atoms with Gasteiger partial charge < -0.3 is 4.90 Å². The van der Waals surface area contributed by atoms with Gasteiger partial charge in [0.25, 0.3) is 10.0 Å². The molecule has 1 aliphatic heterocycles. The lowest BCUT2D eigenvalue weighted by Crippen LogP contribution is -2.46. The van der Waals surface area contributed by atoms with Crippen molar-refractivity contribution in [1.82, 2.24) is 19.9 Å². The van der Waals surface area contributed by atoms with Crippen molar-refractivity contribution in [2.45, 2.75) is 11.1 Å². The molecule has 0 bridgehead atoms. The molecular formula is C26H24Cl2N6O3S2. The third-order valence-electron chi connectivity index (χ3n) is 6.23. The first-order chi connectivity index (χ1) is 18.7. The molecule has 0 atom stereocenters. The van der Waals surface area contributed by atoms with Gasteiger partial charge in [-0.05, 0) is 48.9 Å². The topological polar surface area (TPSA) is 108 Å². The number of nitrogens with zero attached hydrogens (tertiary/aromatic N) is 5. The number of benzene rings is 1. The molecule has 0 spiro atoms. The van der Waals surface area contributed by atoms with Crippen LogP contribution in [0.1, 0.15) is 6.92 Å². The maximum absolute atomic E-state index is 12.8. The summed E-state index contributed by atoms with van der Waals surface area (Å²) in [6.45, 7) is 5.53. The Morgan fingerprint density at radius 2 is 1.85 bits per heavy atom. The first-order valence-corrected chi connectivity index (χ1v) is 15.1. The number of piperazine rings is 1. The van der Waals surface area contributed by atoms with Crippen LogP contribution < -0.4 is 9.62 Å². The summed E-state index contributed by atoms with van der Waals surface area (Å²) >= 11 is 13.1. The minimum Gasteiger partial charge on any atom is -0.353 e. The van der Waals surface area contributed by atoms with E-state index in [1.807, 2.05) is 24.3 Å². The van der Waals surface area contributed by atoms with Gasteiger partial charge in [0.05, 0.1) is 15.5 Å². The van der Waals surface area contributed by atoms with Crippen LogP contribution in [0.2, 0.25) is 9.49 Å². The third-order valence-corrected chi connectivity index (χ3v) is 9.62. The van der Waals surface area contributed by atoms with Crippen LogP contribution in [0.5, 0.6) is 0 Å². The Morgan fingerprint density at radius 3 is 2.56 bits per heavy atom. The summed E-state index contributed by atoms with van der Waals surface area (Å²) in [6.07, 6.45) is 6.66. The number of carbonyl (C=O) groups excluding carboxylic acids is 1. The van der Waals surface area contributed by atoms with Crippen LogP contribution >= 0.6 is 34.5 Å². The van der Waals surface area contributed by atoms with Crippen molar-refractivity contribution >= 4 is 72.8 Å². The summed E-state index contributed by atoms with van der Waals surface area (Å²) in [5, 5.41) is 0.913. The van der Waals surface area contributed by atoms with Crippen molar-refractivity contribution < 1.29 is 13.2 Å². The lowest BCUT2D eigenvalue weighted by atomic mass is 10.0. The number of thiophene rings is 1. The zero-order chi connectivity index (χ0) is 27.6. The van der Waals surface area contributed by atoms with Gasteiger partial charge in [-0.2, -0.15) is 0 Å². The van der Waals surface area contributed by atoms with E-state index < -0.39 is 10.0 Å². The van der Waals surface area contributed by atoms with E-state index in [1.54, 1.807) is 31.6 Å². The van der Waals surface area contributed by atoms with Crippen molar-refractivity contribution in [3.8, 4) is 11.1 Å². The summed E-state index contributed by atoms with van der Waals surface area (Å²) < 4.78 is 28.6. The second kappa shape index (κ2) is 11.6. The zero-order valence-corrected chi connectivity index (χ0v) is 24.0. The lowest BCUT2D eigenvalue weighted by Gasteiger charge is -2.35. The highest BCUT2D eigenvalue weighted by atomic mass is 35.5. The largest absolute Gasteiger partial charge is 0.353 e. The quantitative estimate of drug-likeness (QED) is 0.218. The van der Waals surface area contributed by atoms with Gasteiger partial charge in [-0.3, -0.25) is 14.4 Å². The molecule has 13 heteroatoms. The number of allylic oxidation sites excluding steroid dienone is 1. The molecule has 0 saturated carbocycles. The Morgan fingerprint density at radius 1 is 1.05 bits per heavy atom. The van der Waals surface area contributed by atoms with Crippen molar-refractivity contribution in [3.05, 3.63) is 70.6 Å². The monoisotopic (exact) mass is 602 g/mol. The molecule has 0 radical (unpaired) electrons. The molecule has 1 saturated heterocycles. The van der Waals surface area contributed by atoms with E-state index in [1.165, 1.54) is 12.1 Å². The number of rotatable bonds is 8. The molecule has 9 nitrogen and oxygen atoms in total. The Balaban J connectivity index is 1.40.